The average Bonchev–Trinajstić information content (AvgIpc) is 3.59. The Labute approximate surface area is 369 Å². The highest BCUT2D eigenvalue weighted by Gasteiger charge is 2.41. The lowest BCUT2D eigenvalue weighted by Gasteiger charge is -2.36. The lowest BCUT2D eigenvalue weighted by molar-refractivity contribution is -0.116. The van der Waals surface area contributed by atoms with Gasteiger partial charge in [0.1, 0.15) is 37.5 Å². The van der Waals surface area contributed by atoms with Gasteiger partial charge in [-0.15, -0.1) is 5.54 Å². The largest absolute Gasteiger partial charge is 0.480 e. The summed E-state index contributed by atoms with van der Waals surface area (Å²) in [6.45, 7) is 22.7. The number of hydrogen-bond acceptors (Lipinski definition) is 7. The van der Waals surface area contributed by atoms with Gasteiger partial charge in [-0.25, -0.2) is 0 Å². The summed E-state index contributed by atoms with van der Waals surface area (Å²) >= 11 is 0. The summed E-state index contributed by atoms with van der Waals surface area (Å²) in [5.41, 5.74) is 19.8. The van der Waals surface area contributed by atoms with Gasteiger partial charge in [-0.05, 0) is 97.4 Å². The topological polar surface area (TPSA) is 162 Å². The van der Waals surface area contributed by atoms with Crippen LogP contribution in [0.25, 0.3) is 10.4 Å². The molecule has 318 valence electrons. The molecule has 11 heteroatoms. The minimum Gasteiger partial charge on any atom is -0.480 e. The Bertz CT molecular complexity index is 2520. The van der Waals surface area contributed by atoms with Crippen molar-refractivity contribution in [3.05, 3.63) is 134 Å². The first-order valence-corrected chi connectivity index (χ1v) is 24.8. The molecule has 2 aliphatic heterocycles. The first kappa shape index (κ1) is 46.6. The maximum atomic E-state index is 12.8. The van der Waals surface area contributed by atoms with E-state index in [0.717, 1.165) is 49.8 Å². The Morgan fingerprint density at radius 1 is 0.968 bits per heavy atom. The number of ether oxygens (including phenoxy) is 1. The summed E-state index contributed by atoms with van der Waals surface area (Å²) in [6, 6.07) is 21.4. The van der Waals surface area contributed by atoms with Crippen molar-refractivity contribution in [2.75, 3.05) is 16.8 Å². The fourth-order valence-corrected chi connectivity index (χ4v) is 8.69. The normalized spacial score (nSPS) is 19.2. The van der Waals surface area contributed by atoms with Gasteiger partial charge in [-0.1, -0.05) is 120 Å². The van der Waals surface area contributed by atoms with Crippen LogP contribution in [-0.2, 0) is 14.9 Å². The Morgan fingerprint density at radius 2 is 1.66 bits per heavy atom. The SMILES string of the molecule is CC1(C)OC(=C(C#N)C#N)C(C#N)=C1/C=C/C1=C(C#C[Si](C)(C)C)C(=C/C=C2/N(CCCCCC(=O)Nc3ccc(N=[N+]=[N-])cc3)c3ccccc3C2(C)C)/CC(C(C)(C)C)C1. The van der Waals surface area contributed by atoms with E-state index in [1.165, 1.54) is 22.5 Å². The van der Waals surface area contributed by atoms with E-state index < -0.39 is 13.7 Å². The number of unbranched alkanes of at least 4 members (excludes halogenated alkanes) is 2. The lowest BCUT2D eigenvalue weighted by atomic mass is 9.68. The predicted octanol–water partition coefficient (Wildman–Crippen LogP) is 12.9. The van der Waals surface area contributed by atoms with Crippen LogP contribution in [0.2, 0.25) is 19.6 Å². The van der Waals surface area contributed by atoms with E-state index >= 15 is 0 Å². The number of nitrogens with one attached hydrogen (secondary N) is 1. The van der Waals surface area contributed by atoms with Gasteiger partial charge in [-0.2, -0.15) is 15.8 Å². The number of nitrogens with zero attached hydrogens (tertiary/aromatic N) is 7. The first-order valence-electron chi connectivity index (χ1n) is 21.3. The van der Waals surface area contributed by atoms with E-state index in [9.17, 15) is 20.6 Å². The smallest absolute Gasteiger partial charge is 0.224 e. The number of hydrogen-bond donors (Lipinski definition) is 1. The number of para-hydroxylation sites is 1. The maximum absolute atomic E-state index is 12.8. The second-order valence-corrected chi connectivity index (χ2v) is 24.0. The highest BCUT2D eigenvalue weighted by atomic mass is 28.3. The van der Waals surface area contributed by atoms with Crippen molar-refractivity contribution in [2.24, 2.45) is 16.4 Å². The zero-order valence-electron chi connectivity index (χ0n) is 37.9. The van der Waals surface area contributed by atoms with Crippen LogP contribution in [0.1, 0.15) is 92.6 Å². The fourth-order valence-electron chi connectivity index (χ4n) is 8.19. The summed E-state index contributed by atoms with van der Waals surface area (Å²) in [6.07, 6.45) is 13.2. The summed E-state index contributed by atoms with van der Waals surface area (Å²) in [4.78, 5) is 18.0. The lowest BCUT2D eigenvalue weighted by Crippen LogP contribution is -2.27. The zero-order valence-corrected chi connectivity index (χ0v) is 38.9. The number of anilines is 2. The van der Waals surface area contributed by atoms with Gasteiger partial charge in [0.25, 0.3) is 0 Å². The van der Waals surface area contributed by atoms with Crippen molar-refractivity contribution in [1.29, 1.82) is 15.8 Å². The number of carbonyl (C=O) groups is 1. The van der Waals surface area contributed by atoms with E-state index in [0.29, 0.717) is 29.3 Å². The third kappa shape index (κ3) is 10.9. The maximum Gasteiger partial charge on any atom is 0.224 e. The first-order chi connectivity index (χ1) is 29.2. The van der Waals surface area contributed by atoms with Gasteiger partial charge in [0.05, 0.1) is 0 Å². The van der Waals surface area contributed by atoms with E-state index in [1.807, 2.05) is 32.1 Å². The van der Waals surface area contributed by atoms with Crippen molar-refractivity contribution in [2.45, 2.75) is 118 Å². The molecule has 0 spiro atoms. The summed E-state index contributed by atoms with van der Waals surface area (Å²) < 4.78 is 6.10. The Kier molecular flexibility index (Phi) is 14.3. The molecule has 62 heavy (non-hydrogen) atoms. The van der Waals surface area contributed by atoms with Crippen LogP contribution in [0, 0.1) is 56.8 Å². The van der Waals surface area contributed by atoms with Crippen LogP contribution in [0.5, 0.6) is 0 Å². The molecule has 5 rings (SSSR count). The number of amides is 1. The van der Waals surface area contributed by atoms with Gasteiger partial charge in [0.2, 0.25) is 5.91 Å². The highest BCUT2D eigenvalue weighted by molar-refractivity contribution is 6.83. The van der Waals surface area contributed by atoms with Crippen LogP contribution in [-0.4, -0.2) is 26.1 Å². The number of nitriles is 3. The third-order valence-corrected chi connectivity index (χ3v) is 12.6. The van der Waals surface area contributed by atoms with Crippen LogP contribution in [0.3, 0.4) is 0 Å². The Hall–Kier alpha value is -6.49. The van der Waals surface area contributed by atoms with Gasteiger partial charge >= 0.3 is 0 Å². The molecule has 1 aliphatic carbocycles. The molecule has 0 saturated carbocycles. The molecule has 2 heterocycles. The molecule has 2 aromatic rings. The van der Waals surface area contributed by atoms with Crippen LogP contribution in [0.15, 0.2) is 123 Å². The number of benzene rings is 2. The number of carbonyl (C=O) groups excluding carboxylic acids is 1. The molecular formula is C51H58N8O2Si. The monoisotopic (exact) mass is 842 g/mol. The third-order valence-electron chi connectivity index (χ3n) is 11.7. The van der Waals surface area contributed by atoms with Gasteiger partial charge in [0, 0.05) is 57.2 Å². The molecular weight excluding hydrogens is 785 g/mol. The molecule has 0 bridgehead atoms. The van der Waals surface area contributed by atoms with Gasteiger partial charge in [0.15, 0.2) is 11.3 Å². The zero-order chi connectivity index (χ0) is 45.5. The number of rotatable bonds is 11. The molecule has 0 fully saturated rings. The standard InChI is InChI=1S/C51H58N8O2Si/c1-49(2,3)38-30-35(19-25-43-42(34-54)48(37(32-52)33-53)61-51(43,6)7)41(27-29-62(8,9)10)36(31-38)20-26-46-50(4,5)44-16-13-14-17-45(44)59(46)28-15-11-12-18-47(60)56-39-21-23-40(24-22-39)57-58-55/h13-14,16-17,19-26,38H,11-12,15,18,28,30-31H2,1-10H3,(H,56,60)/b25-19+,36-20+,46-26+. The van der Waals surface area contributed by atoms with Crippen LogP contribution < -0.4 is 10.2 Å². The molecule has 0 aromatic heterocycles. The van der Waals surface area contributed by atoms with Crippen molar-refractivity contribution in [3.63, 3.8) is 0 Å². The fraction of sp³-hybridized carbons (Fsp3) is 0.412. The second kappa shape index (κ2) is 19.1. The quantitative estimate of drug-likeness (QED) is 0.0450. The van der Waals surface area contributed by atoms with Gasteiger partial charge < -0.3 is 15.0 Å². The molecule has 1 atom stereocenters. The Morgan fingerprint density at radius 3 is 2.29 bits per heavy atom. The average molecular weight is 843 g/mol. The van der Waals surface area contributed by atoms with E-state index in [1.54, 1.807) is 24.3 Å². The van der Waals surface area contributed by atoms with Crippen molar-refractivity contribution in [3.8, 4) is 29.7 Å². The number of azide groups is 1. The van der Waals surface area contributed by atoms with E-state index in [2.05, 4.69) is 135 Å². The molecule has 10 nitrogen and oxygen atoms in total. The second-order valence-electron chi connectivity index (χ2n) is 19.3. The van der Waals surface area contributed by atoms with Gasteiger partial charge in [-0.3, -0.25) is 4.79 Å². The number of fused-ring (bicyclic) bond motifs is 1. The van der Waals surface area contributed by atoms with E-state index in [-0.39, 0.29) is 33.6 Å². The Balaban J connectivity index is 1.50. The van der Waals surface area contributed by atoms with Crippen molar-refractivity contribution in [1.82, 2.24) is 0 Å². The molecule has 0 radical (unpaired) electrons. The molecule has 1 amide bonds. The summed E-state index contributed by atoms with van der Waals surface area (Å²) in [7, 11) is -1.80. The summed E-state index contributed by atoms with van der Waals surface area (Å²) in [5.74, 6) is 3.96. The van der Waals surface area contributed by atoms with Crippen molar-refractivity contribution >= 4 is 31.0 Å². The summed E-state index contributed by atoms with van der Waals surface area (Å²) in [5, 5.41) is 36.1. The number of allylic oxidation sites excluding steroid dienone is 9. The molecule has 0 saturated heterocycles. The predicted molar refractivity (Wildman–Crippen MR) is 251 cm³/mol. The van der Waals surface area contributed by atoms with E-state index in [4.69, 9.17) is 10.3 Å². The van der Waals surface area contributed by atoms with Crippen LogP contribution >= 0.6 is 0 Å². The van der Waals surface area contributed by atoms with Crippen molar-refractivity contribution < 1.29 is 9.53 Å². The van der Waals surface area contributed by atoms with Crippen LogP contribution in [0.4, 0.5) is 17.1 Å². The molecule has 1 unspecified atom stereocenters. The molecule has 2 aromatic carbocycles. The minimum absolute atomic E-state index is 0.0101. The highest BCUT2D eigenvalue weighted by Crippen LogP contribution is 2.49. The minimum atomic E-state index is -1.80. The molecule has 3 aliphatic rings. The molecule has 1 N–H and O–H groups in total.